The Hall–Kier alpha value is -1.19. The molecule has 1 aromatic heterocycles. The molecule has 2 rings (SSSR count). The highest BCUT2D eigenvalue weighted by atomic mass is 32.1. The average Bonchev–Trinajstić information content (AvgIpc) is 2.85. The van der Waals surface area contributed by atoms with E-state index in [-0.39, 0.29) is 0 Å². The summed E-state index contributed by atoms with van der Waals surface area (Å²) in [4.78, 5) is 5.73. The quantitative estimate of drug-likeness (QED) is 0.864. The van der Waals surface area contributed by atoms with E-state index < -0.39 is 0 Å². The van der Waals surface area contributed by atoms with Gasteiger partial charge in [-0.1, -0.05) is 38.1 Å². The van der Waals surface area contributed by atoms with Crippen LogP contribution in [0, 0.1) is 6.92 Å². The van der Waals surface area contributed by atoms with Gasteiger partial charge in [-0.2, -0.15) is 0 Å². The summed E-state index contributed by atoms with van der Waals surface area (Å²) in [6.07, 6.45) is 2.13. The van der Waals surface area contributed by atoms with Crippen LogP contribution >= 0.6 is 11.3 Å². The topological polar surface area (TPSA) is 24.9 Å². The Bertz CT molecular complexity index is 502. The first kappa shape index (κ1) is 14.2. The van der Waals surface area contributed by atoms with Gasteiger partial charge in [0.05, 0.1) is 11.2 Å². The van der Waals surface area contributed by atoms with Crippen molar-refractivity contribution in [2.24, 2.45) is 0 Å². The van der Waals surface area contributed by atoms with Crippen LogP contribution in [0.25, 0.3) is 0 Å². The monoisotopic (exact) mass is 274 g/mol. The van der Waals surface area contributed by atoms with E-state index in [2.05, 4.69) is 55.3 Å². The number of aromatic nitrogens is 1. The van der Waals surface area contributed by atoms with Gasteiger partial charge in [0.25, 0.3) is 0 Å². The van der Waals surface area contributed by atoms with E-state index in [1.165, 1.54) is 16.0 Å². The van der Waals surface area contributed by atoms with E-state index in [0.29, 0.717) is 6.04 Å². The van der Waals surface area contributed by atoms with Gasteiger partial charge in [-0.05, 0) is 37.4 Å². The molecule has 0 aliphatic rings. The predicted molar refractivity (Wildman–Crippen MR) is 82.8 cm³/mol. The van der Waals surface area contributed by atoms with Gasteiger partial charge >= 0.3 is 0 Å². The summed E-state index contributed by atoms with van der Waals surface area (Å²) in [7, 11) is 0. The van der Waals surface area contributed by atoms with Crippen molar-refractivity contribution >= 4 is 11.3 Å². The molecule has 102 valence electrons. The maximum Gasteiger partial charge on any atom is 0.0798 e. The number of benzene rings is 1. The molecule has 0 aliphatic heterocycles. The first-order valence-electron chi connectivity index (χ1n) is 6.95. The highest BCUT2D eigenvalue weighted by Crippen LogP contribution is 2.25. The van der Waals surface area contributed by atoms with E-state index in [4.69, 9.17) is 0 Å². The molecule has 0 saturated carbocycles. The second-order valence-electron chi connectivity index (χ2n) is 4.79. The zero-order valence-electron chi connectivity index (χ0n) is 11.9. The maximum atomic E-state index is 4.37. The molecule has 1 heterocycles. The first-order chi connectivity index (χ1) is 9.24. The summed E-state index contributed by atoms with van der Waals surface area (Å²) in [6.45, 7) is 7.42. The van der Waals surface area contributed by atoms with Crippen LogP contribution in [0.2, 0.25) is 0 Å². The molecule has 0 aliphatic carbocycles. The van der Waals surface area contributed by atoms with Crippen molar-refractivity contribution in [1.82, 2.24) is 10.3 Å². The van der Waals surface area contributed by atoms with E-state index in [1.54, 1.807) is 11.3 Å². The van der Waals surface area contributed by atoms with Crippen LogP contribution in [-0.4, -0.2) is 11.5 Å². The predicted octanol–water partition coefficient (Wildman–Crippen LogP) is 3.91. The lowest BCUT2D eigenvalue weighted by molar-refractivity contribution is 0.555. The molecule has 0 saturated heterocycles. The molecule has 1 N–H and O–H groups in total. The molecule has 0 amide bonds. The molecule has 3 heteroatoms. The van der Waals surface area contributed by atoms with Crippen molar-refractivity contribution in [3.05, 3.63) is 51.5 Å². The Labute approximate surface area is 119 Å². The molecule has 1 unspecified atom stereocenters. The number of hydrogen-bond acceptors (Lipinski definition) is 3. The number of nitrogens with one attached hydrogen (secondary N) is 1. The zero-order chi connectivity index (χ0) is 13.7. The summed E-state index contributed by atoms with van der Waals surface area (Å²) in [6, 6.07) is 9.35. The molecule has 0 spiro atoms. The number of thiazole rings is 1. The first-order valence-corrected chi connectivity index (χ1v) is 7.83. The fourth-order valence-corrected chi connectivity index (χ4v) is 3.17. The second-order valence-corrected chi connectivity index (χ2v) is 5.67. The lowest BCUT2D eigenvalue weighted by Crippen LogP contribution is -2.22. The van der Waals surface area contributed by atoms with Gasteiger partial charge in [-0.3, -0.25) is 0 Å². The highest BCUT2D eigenvalue weighted by molar-refractivity contribution is 7.09. The molecule has 2 nitrogen and oxygen atoms in total. The number of rotatable bonds is 6. The van der Waals surface area contributed by atoms with Crippen LogP contribution in [0.1, 0.15) is 41.6 Å². The SMILES string of the molecule is CCNC(Cc1ccc(CC)cc1)c1scnc1C. The van der Waals surface area contributed by atoms with Gasteiger partial charge in [-0.25, -0.2) is 4.98 Å². The Morgan fingerprint density at radius 2 is 1.84 bits per heavy atom. The van der Waals surface area contributed by atoms with Gasteiger partial charge in [0.15, 0.2) is 0 Å². The van der Waals surface area contributed by atoms with Crippen molar-refractivity contribution in [1.29, 1.82) is 0 Å². The molecular weight excluding hydrogens is 252 g/mol. The number of hydrogen-bond donors (Lipinski definition) is 1. The molecule has 19 heavy (non-hydrogen) atoms. The fraction of sp³-hybridized carbons (Fsp3) is 0.438. The van der Waals surface area contributed by atoms with Crippen molar-refractivity contribution in [2.75, 3.05) is 6.54 Å². The lowest BCUT2D eigenvalue weighted by atomic mass is 10.0. The average molecular weight is 274 g/mol. The normalized spacial score (nSPS) is 12.6. The number of likely N-dealkylation sites (N-methyl/N-ethyl adjacent to an activating group) is 1. The van der Waals surface area contributed by atoms with Gasteiger partial charge < -0.3 is 5.32 Å². The summed E-state index contributed by atoms with van der Waals surface area (Å²) >= 11 is 1.75. The Balaban J connectivity index is 2.14. The van der Waals surface area contributed by atoms with E-state index >= 15 is 0 Å². The van der Waals surface area contributed by atoms with Crippen LogP contribution in [-0.2, 0) is 12.8 Å². The van der Waals surface area contributed by atoms with Gasteiger partial charge in [0, 0.05) is 10.9 Å². The van der Waals surface area contributed by atoms with Crippen LogP contribution < -0.4 is 5.32 Å². The third kappa shape index (κ3) is 3.64. The second kappa shape index (κ2) is 6.83. The molecule has 0 fully saturated rings. The number of aryl methyl sites for hydroxylation is 2. The third-order valence-electron chi connectivity index (χ3n) is 3.42. The highest BCUT2D eigenvalue weighted by Gasteiger charge is 2.15. The Morgan fingerprint density at radius 1 is 1.16 bits per heavy atom. The Kier molecular flexibility index (Phi) is 5.11. The van der Waals surface area contributed by atoms with E-state index in [9.17, 15) is 0 Å². The van der Waals surface area contributed by atoms with E-state index in [0.717, 1.165) is 25.1 Å². The third-order valence-corrected chi connectivity index (χ3v) is 4.47. The zero-order valence-corrected chi connectivity index (χ0v) is 12.8. The summed E-state index contributed by atoms with van der Waals surface area (Å²) in [5.74, 6) is 0. The molecule has 1 atom stereocenters. The van der Waals surface area contributed by atoms with Crippen LogP contribution in [0.5, 0.6) is 0 Å². The van der Waals surface area contributed by atoms with Crippen molar-refractivity contribution in [2.45, 2.75) is 39.7 Å². The summed E-state index contributed by atoms with van der Waals surface area (Å²) < 4.78 is 0. The minimum atomic E-state index is 0.380. The minimum absolute atomic E-state index is 0.380. The van der Waals surface area contributed by atoms with Crippen molar-refractivity contribution < 1.29 is 0 Å². The molecular formula is C16H22N2S. The lowest BCUT2D eigenvalue weighted by Gasteiger charge is -2.17. The van der Waals surface area contributed by atoms with Crippen LogP contribution in [0.3, 0.4) is 0 Å². The van der Waals surface area contributed by atoms with Crippen molar-refractivity contribution in [3.8, 4) is 0 Å². The Morgan fingerprint density at radius 3 is 2.37 bits per heavy atom. The molecule has 0 radical (unpaired) electrons. The van der Waals surface area contributed by atoms with Gasteiger partial charge in [0.2, 0.25) is 0 Å². The summed E-state index contributed by atoms with van der Waals surface area (Å²) in [5, 5.41) is 3.57. The standard InChI is InChI=1S/C16H22N2S/c1-4-13-6-8-14(9-7-13)10-15(17-5-2)16-12(3)18-11-19-16/h6-9,11,15,17H,4-5,10H2,1-3H3. The van der Waals surface area contributed by atoms with Crippen molar-refractivity contribution in [3.63, 3.8) is 0 Å². The minimum Gasteiger partial charge on any atom is -0.309 e. The fourth-order valence-electron chi connectivity index (χ4n) is 2.30. The van der Waals surface area contributed by atoms with Crippen LogP contribution in [0.15, 0.2) is 29.8 Å². The van der Waals surface area contributed by atoms with Crippen LogP contribution in [0.4, 0.5) is 0 Å². The van der Waals surface area contributed by atoms with E-state index in [1.807, 2.05) is 5.51 Å². The molecule has 1 aromatic carbocycles. The maximum absolute atomic E-state index is 4.37. The summed E-state index contributed by atoms with van der Waals surface area (Å²) in [5.41, 5.74) is 5.88. The van der Waals surface area contributed by atoms with Gasteiger partial charge in [-0.15, -0.1) is 11.3 Å². The van der Waals surface area contributed by atoms with Gasteiger partial charge in [0.1, 0.15) is 0 Å². The number of nitrogens with zero attached hydrogens (tertiary/aromatic N) is 1. The smallest absolute Gasteiger partial charge is 0.0798 e. The molecule has 2 aromatic rings. The molecule has 0 bridgehead atoms. The largest absolute Gasteiger partial charge is 0.309 e.